The first kappa shape index (κ1) is 11.3. The van der Waals surface area contributed by atoms with Gasteiger partial charge in [-0.05, 0) is 44.4 Å². The van der Waals surface area contributed by atoms with Crippen LogP contribution in [0.25, 0.3) is 0 Å². The van der Waals surface area contributed by atoms with E-state index in [2.05, 4.69) is 30.9 Å². The predicted octanol–water partition coefficient (Wildman–Crippen LogP) is 3.35. The van der Waals surface area contributed by atoms with Crippen molar-refractivity contribution >= 4 is 11.4 Å². The summed E-state index contributed by atoms with van der Waals surface area (Å²) in [5.41, 5.74) is 9.53. The van der Waals surface area contributed by atoms with Crippen LogP contribution in [0, 0.1) is 6.92 Å². The molecule has 88 valence electrons. The summed E-state index contributed by atoms with van der Waals surface area (Å²) in [7, 11) is 0. The van der Waals surface area contributed by atoms with Crippen molar-refractivity contribution < 1.29 is 0 Å². The molecule has 1 aliphatic carbocycles. The first-order valence-electron chi connectivity index (χ1n) is 6.35. The van der Waals surface area contributed by atoms with Crippen LogP contribution in [0.1, 0.15) is 38.2 Å². The van der Waals surface area contributed by atoms with Gasteiger partial charge in [0.1, 0.15) is 0 Å². The van der Waals surface area contributed by atoms with Crippen LogP contribution in [-0.2, 0) is 0 Å². The highest BCUT2D eigenvalue weighted by atomic mass is 15.2. The number of aryl methyl sites for hydroxylation is 1. The van der Waals surface area contributed by atoms with Gasteiger partial charge in [0.2, 0.25) is 0 Å². The zero-order chi connectivity index (χ0) is 11.5. The molecule has 2 heteroatoms. The molecule has 0 heterocycles. The van der Waals surface area contributed by atoms with Crippen molar-refractivity contribution in [3.05, 3.63) is 23.8 Å². The average Bonchev–Trinajstić information content (AvgIpc) is 2.78. The van der Waals surface area contributed by atoms with E-state index in [1.54, 1.807) is 0 Å². The van der Waals surface area contributed by atoms with Crippen molar-refractivity contribution in [1.82, 2.24) is 0 Å². The number of rotatable bonds is 3. The van der Waals surface area contributed by atoms with Gasteiger partial charge in [-0.3, -0.25) is 0 Å². The van der Waals surface area contributed by atoms with Gasteiger partial charge < -0.3 is 10.6 Å². The van der Waals surface area contributed by atoms with E-state index in [-0.39, 0.29) is 0 Å². The number of nitrogens with two attached hydrogens (primary N) is 1. The smallest absolute Gasteiger partial charge is 0.0604 e. The molecule has 1 aromatic rings. The Morgan fingerprint density at radius 2 is 2.00 bits per heavy atom. The highest BCUT2D eigenvalue weighted by molar-refractivity contribution is 5.69. The molecular formula is C14H22N2. The first-order valence-corrected chi connectivity index (χ1v) is 6.35. The Kier molecular flexibility index (Phi) is 3.37. The maximum atomic E-state index is 6.09. The van der Waals surface area contributed by atoms with Crippen molar-refractivity contribution in [2.45, 2.75) is 45.6 Å². The van der Waals surface area contributed by atoms with Crippen LogP contribution in [-0.4, -0.2) is 12.6 Å². The molecule has 1 fully saturated rings. The van der Waals surface area contributed by atoms with Crippen LogP contribution in [0.2, 0.25) is 0 Å². The minimum Gasteiger partial charge on any atom is -0.397 e. The van der Waals surface area contributed by atoms with E-state index in [0.29, 0.717) is 6.04 Å². The highest BCUT2D eigenvalue weighted by Crippen LogP contribution is 2.32. The lowest BCUT2D eigenvalue weighted by molar-refractivity contribution is 0.620. The lowest BCUT2D eigenvalue weighted by atomic mass is 10.1. The molecule has 1 saturated carbocycles. The third kappa shape index (κ3) is 2.16. The van der Waals surface area contributed by atoms with E-state index in [1.165, 1.54) is 36.9 Å². The summed E-state index contributed by atoms with van der Waals surface area (Å²) >= 11 is 0. The monoisotopic (exact) mass is 218 g/mol. The fraction of sp³-hybridized carbons (Fsp3) is 0.571. The maximum Gasteiger partial charge on any atom is 0.0604 e. The Labute approximate surface area is 98.4 Å². The van der Waals surface area contributed by atoms with Crippen LogP contribution >= 0.6 is 0 Å². The molecule has 0 radical (unpaired) electrons. The number of nitrogens with zero attached hydrogens (tertiary/aromatic N) is 1. The Balaban J connectivity index is 2.28. The van der Waals surface area contributed by atoms with Gasteiger partial charge in [-0.25, -0.2) is 0 Å². The largest absolute Gasteiger partial charge is 0.397 e. The molecule has 0 aromatic heterocycles. The molecule has 0 spiro atoms. The summed E-state index contributed by atoms with van der Waals surface area (Å²) in [6.45, 7) is 5.41. The minimum absolute atomic E-state index is 0.703. The van der Waals surface area contributed by atoms with Crippen molar-refractivity contribution in [3.8, 4) is 0 Å². The lowest BCUT2D eigenvalue weighted by Crippen LogP contribution is -2.33. The van der Waals surface area contributed by atoms with Gasteiger partial charge in [0.15, 0.2) is 0 Å². The molecule has 1 aliphatic rings. The first-order chi connectivity index (χ1) is 7.72. The second kappa shape index (κ2) is 4.77. The van der Waals surface area contributed by atoms with Crippen LogP contribution in [0.5, 0.6) is 0 Å². The van der Waals surface area contributed by atoms with Gasteiger partial charge in [-0.1, -0.05) is 18.9 Å². The molecule has 0 bridgehead atoms. The van der Waals surface area contributed by atoms with Gasteiger partial charge >= 0.3 is 0 Å². The van der Waals surface area contributed by atoms with Crippen molar-refractivity contribution in [2.24, 2.45) is 0 Å². The minimum atomic E-state index is 0.703. The van der Waals surface area contributed by atoms with E-state index in [4.69, 9.17) is 5.73 Å². The summed E-state index contributed by atoms with van der Waals surface area (Å²) in [6.07, 6.45) is 5.38. The Morgan fingerprint density at radius 1 is 1.31 bits per heavy atom. The van der Waals surface area contributed by atoms with E-state index < -0.39 is 0 Å². The quantitative estimate of drug-likeness (QED) is 0.788. The predicted molar refractivity (Wildman–Crippen MR) is 70.9 cm³/mol. The summed E-state index contributed by atoms with van der Waals surface area (Å²) in [5.74, 6) is 0. The topological polar surface area (TPSA) is 29.3 Å². The van der Waals surface area contributed by atoms with E-state index >= 15 is 0 Å². The Morgan fingerprint density at radius 3 is 2.62 bits per heavy atom. The molecular weight excluding hydrogens is 196 g/mol. The Bertz CT molecular complexity index is 354. The van der Waals surface area contributed by atoms with Gasteiger partial charge in [0, 0.05) is 12.6 Å². The molecule has 1 aromatic carbocycles. The van der Waals surface area contributed by atoms with Crippen molar-refractivity contribution in [2.75, 3.05) is 17.2 Å². The molecule has 2 N–H and O–H groups in total. The third-order valence-electron chi connectivity index (χ3n) is 3.60. The number of hydrogen-bond acceptors (Lipinski definition) is 2. The average molecular weight is 218 g/mol. The lowest BCUT2D eigenvalue weighted by Gasteiger charge is -2.31. The van der Waals surface area contributed by atoms with Gasteiger partial charge in [0.25, 0.3) is 0 Å². The summed E-state index contributed by atoms with van der Waals surface area (Å²) in [5, 5.41) is 0. The number of anilines is 2. The fourth-order valence-corrected chi connectivity index (χ4v) is 2.74. The van der Waals surface area contributed by atoms with Gasteiger partial charge in [0.05, 0.1) is 11.4 Å². The van der Waals surface area contributed by atoms with Crippen LogP contribution in [0.15, 0.2) is 18.2 Å². The second-order valence-corrected chi connectivity index (χ2v) is 4.79. The molecule has 0 amide bonds. The highest BCUT2D eigenvalue weighted by Gasteiger charge is 2.22. The van der Waals surface area contributed by atoms with Crippen LogP contribution in [0.4, 0.5) is 11.4 Å². The molecule has 16 heavy (non-hydrogen) atoms. The van der Waals surface area contributed by atoms with E-state index in [0.717, 1.165) is 12.2 Å². The van der Waals surface area contributed by atoms with Crippen molar-refractivity contribution in [1.29, 1.82) is 0 Å². The van der Waals surface area contributed by atoms with Crippen LogP contribution in [0.3, 0.4) is 0 Å². The third-order valence-corrected chi connectivity index (χ3v) is 3.60. The standard InChI is InChI=1S/C14H22N2/c1-3-16(12-6-4-5-7-12)14-10-11(2)8-9-13(14)15/h8-10,12H,3-7,15H2,1-2H3. The molecule has 2 nitrogen and oxygen atoms in total. The zero-order valence-electron chi connectivity index (χ0n) is 10.4. The molecule has 0 unspecified atom stereocenters. The fourth-order valence-electron chi connectivity index (χ4n) is 2.74. The molecule has 0 atom stereocenters. The zero-order valence-corrected chi connectivity index (χ0v) is 10.4. The van der Waals surface area contributed by atoms with E-state index in [1.807, 2.05) is 6.07 Å². The summed E-state index contributed by atoms with van der Waals surface area (Å²) < 4.78 is 0. The number of benzene rings is 1. The van der Waals surface area contributed by atoms with E-state index in [9.17, 15) is 0 Å². The van der Waals surface area contributed by atoms with Gasteiger partial charge in [-0.15, -0.1) is 0 Å². The Hall–Kier alpha value is -1.18. The molecule has 0 aliphatic heterocycles. The summed E-state index contributed by atoms with van der Waals surface area (Å²) in [6, 6.07) is 7.04. The number of hydrogen-bond donors (Lipinski definition) is 1. The van der Waals surface area contributed by atoms with Crippen molar-refractivity contribution in [3.63, 3.8) is 0 Å². The normalized spacial score (nSPS) is 16.6. The molecule has 0 saturated heterocycles. The number of nitrogen functional groups attached to an aromatic ring is 1. The summed E-state index contributed by atoms with van der Waals surface area (Å²) in [4.78, 5) is 2.48. The van der Waals surface area contributed by atoms with Gasteiger partial charge in [-0.2, -0.15) is 0 Å². The van der Waals surface area contributed by atoms with Crippen LogP contribution < -0.4 is 10.6 Å². The second-order valence-electron chi connectivity index (χ2n) is 4.79. The SMILES string of the molecule is CCN(c1cc(C)ccc1N)C1CCCC1. The molecule has 2 rings (SSSR count). The maximum absolute atomic E-state index is 6.09.